The highest BCUT2D eigenvalue weighted by Crippen LogP contribution is 2.45. The third-order valence-corrected chi connectivity index (χ3v) is 5.87. The van der Waals surface area contributed by atoms with E-state index in [1.807, 2.05) is 0 Å². The molecule has 2 N–H and O–H groups in total. The van der Waals surface area contributed by atoms with Gasteiger partial charge >= 0.3 is 5.91 Å². The van der Waals surface area contributed by atoms with E-state index >= 15 is 0 Å². The molecule has 1 unspecified atom stereocenters. The minimum atomic E-state index is -1.07. The number of nitrogens with zero attached hydrogens (tertiary/aromatic N) is 2. The summed E-state index contributed by atoms with van der Waals surface area (Å²) in [4.78, 5) is 27.3. The molecular weight excluding hydrogens is 504 g/mol. The van der Waals surface area contributed by atoms with Gasteiger partial charge in [0, 0.05) is 16.7 Å². The molecule has 4 rings (SSSR count). The minimum absolute atomic E-state index is 0.105. The second-order valence-corrected chi connectivity index (χ2v) is 8.32. The van der Waals surface area contributed by atoms with Gasteiger partial charge in [-0.1, -0.05) is 16.8 Å². The van der Waals surface area contributed by atoms with Crippen molar-refractivity contribution in [3.05, 3.63) is 74.4 Å². The lowest BCUT2D eigenvalue weighted by Gasteiger charge is -2.23. The Labute approximate surface area is 195 Å². The summed E-state index contributed by atoms with van der Waals surface area (Å²) in [7, 11) is 1.37. The van der Waals surface area contributed by atoms with Gasteiger partial charge in [-0.15, -0.1) is 0 Å². The number of hydrogen-bond acceptors (Lipinski definition) is 7. The van der Waals surface area contributed by atoms with Crippen molar-refractivity contribution in [3.63, 3.8) is 0 Å². The quantitative estimate of drug-likeness (QED) is 0.291. The third-order valence-electron chi connectivity index (χ3n) is 5.01. The number of aromatic hydroxyl groups is 1. The number of anilines is 1. The van der Waals surface area contributed by atoms with Crippen LogP contribution < -0.4 is 9.64 Å². The number of carbonyl (C=O) groups is 2. The Morgan fingerprint density at radius 3 is 2.50 bits per heavy atom. The summed E-state index contributed by atoms with van der Waals surface area (Å²) in [6.45, 7) is 1.65. The number of ether oxygens (including phenoxy) is 1. The molecule has 1 saturated heterocycles. The van der Waals surface area contributed by atoms with Crippen molar-refractivity contribution in [2.75, 3.05) is 12.0 Å². The number of amides is 1. The van der Waals surface area contributed by atoms with Gasteiger partial charge in [-0.25, -0.2) is 0 Å². The van der Waals surface area contributed by atoms with Gasteiger partial charge in [0.2, 0.25) is 0 Å². The molecule has 3 aromatic rings. The standard InChI is InChI=1S/C22H16BrClN2O6/c1-10-7-16(25-32-10)26-18(12-8-14(23)20(28)15(9-12)31-2)17(21(29)22(26)30)19(27)11-3-5-13(24)6-4-11/h3-9,18,27-28H,1-2H3/b19-17+. The summed E-state index contributed by atoms with van der Waals surface area (Å²) < 4.78 is 10.6. The molecule has 1 aliphatic rings. The van der Waals surface area contributed by atoms with E-state index in [2.05, 4.69) is 21.1 Å². The lowest BCUT2D eigenvalue weighted by atomic mass is 9.95. The van der Waals surface area contributed by atoms with Gasteiger partial charge in [0.1, 0.15) is 11.5 Å². The van der Waals surface area contributed by atoms with Gasteiger partial charge in [-0.2, -0.15) is 0 Å². The second-order valence-electron chi connectivity index (χ2n) is 7.03. The van der Waals surface area contributed by atoms with Gasteiger partial charge in [-0.05, 0) is 64.8 Å². The highest BCUT2D eigenvalue weighted by Gasteiger charge is 2.48. The number of benzene rings is 2. The normalized spacial score (nSPS) is 17.8. The lowest BCUT2D eigenvalue weighted by molar-refractivity contribution is -0.132. The van der Waals surface area contributed by atoms with Crippen LogP contribution in [-0.2, 0) is 9.59 Å². The van der Waals surface area contributed by atoms with Crippen molar-refractivity contribution in [3.8, 4) is 11.5 Å². The molecule has 1 aliphatic heterocycles. The van der Waals surface area contributed by atoms with Crippen molar-refractivity contribution >= 4 is 50.8 Å². The van der Waals surface area contributed by atoms with Crippen LogP contribution in [0.15, 0.2) is 57.0 Å². The van der Waals surface area contributed by atoms with Gasteiger partial charge in [0.15, 0.2) is 17.3 Å². The predicted octanol–water partition coefficient (Wildman–Crippen LogP) is 4.74. The molecule has 32 heavy (non-hydrogen) atoms. The number of rotatable bonds is 4. The van der Waals surface area contributed by atoms with Crippen LogP contribution in [0, 0.1) is 6.92 Å². The zero-order chi connectivity index (χ0) is 23.2. The van der Waals surface area contributed by atoms with E-state index in [1.165, 1.54) is 37.4 Å². The van der Waals surface area contributed by atoms with E-state index in [4.69, 9.17) is 20.9 Å². The van der Waals surface area contributed by atoms with Crippen molar-refractivity contribution < 1.29 is 29.1 Å². The van der Waals surface area contributed by atoms with Crippen molar-refractivity contribution in [2.45, 2.75) is 13.0 Å². The molecule has 0 spiro atoms. The van der Waals surface area contributed by atoms with Gasteiger partial charge in [0.05, 0.1) is 23.2 Å². The molecule has 0 aliphatic carbocycles. The van der Waals surface area contributed by atoms with Gasteiger partial charge < -0.3 is 19.5 Å². The van der Waals surface area contributed by atoms with Crippen LogP contribution in [0.5, 0.6) is 11.5 Å². The predicted molar refractivity (Wildman–Crippen MR) is 120 cm³/mol. The van der Waals surface area contributed by atoms with Crippen LogP contribution >= 0.6 is 27.5 Å². The molecular formula is C22H16BrClN2O6. The minimum Gasteiger partial charge on any atom is -0.507 e. The number of halogens is 2. The van der Waals surface area contributed by atoms with Crippen LogP contribution in [0.3, 0.4) is 0 Å². The molecule has 0 saturated carbocycles. The molecule has 1 aromatic heterocycles. The van der Waals surface area contributed by atoms with Gasteiger partial charge in [-0.3, -0.25) is 14.5 Å². The van der Waals surface area contributed by atoms with Crippen molar-refractivity contribution in [1.82, 2.24) is 5.16 Å². The first kappa shape index (κ1) is 21.9. The largest absolute Gasteiger partial charge is 0.507 e. The number of aryl methyl sites for hydroxylation is 1. The zero-order valence-corrected chi connectivity index (χ0v) is 19.1. The maximum atomic E-state index is 13.1. The fourth-order valence-corrected chi connectivity index (χ4v) is 4.11. The van der Waals surface area contributed by atoms with Gasteiger partial charge in [0.25, 0.3) is 5.78 Å². The molecule has 2 aromatic carbocycles. The smallest absolute Gasteiger partial charge is 0.301 e. The number of aromatic nitrogens is 1. The van der Waals surface area contributed by atoms with E-state index in [1.54, 1.807) is 19.1 Å². The highest BCUT2D eigenvalue weighted by molar-refractivity contribution is 9.10. The van der Waals surface area contributed by atoms with E-state index in [-0.39, 0.29) is 33.1 Å². The van der Waals surface area contributed by atoms with Crippen LogP contribution in [0.4, 0.5) is 5.82 Å². The summed E-state index contributed by atoms with van der Waals surface area (Å²) in [5, 5.41) is 25.6. The SMILES string of the molecule is COc1cc(C2/C(=C(\O)c3ccc(Cl)cc3)C(=O)C(=O)N2c2cc(C)on2)cc(Br)c1O. The van der Waals surface area contributed by atoms with Crippen molar-refractivity contribution in [2.24, 2.45) is 0 Å². The Morgan fingerprint density at radius 2 is 1.91 bits per heavy atom. The van der Waals surface area contributed by atoms with E-state index in [0.29, 0.717) is 21.9 Å². The first-order valence-corrected chi connectivity index (χ1v) is 10.5. The summed E-state index contributed by atoms with van der Waals surface area (Å²) >= 11 is 9.19. The Bertz CT molecular complexity index is 1270. The molecule has 1 amide bonds. The van der Waals surface area contributed by atoms with Crippen LogP contribution in [0.25, 0.3) is 5.76 Å². The topological polar surface area (TPSA) is 113 Å². The Kier molecular flexibility index (Phi) is 5.70. The number of ketones is 1. The number of hydrogen-bond donors (Lipinski definition) is 2. The van der Waals surface area contributed by atoms with Crippen molar-refractivity contribution in [1.29, 1.82) is 0 Å². The van der Waals surface area contributed by atoms with E-state index in [0.717, 1.165) is 4.90 Å². The maximum Gasteiger partial charge on any atom is 0.301 e. The number of methoxy groups -OCH3 is 1. The number of carbonyl (C=O) groups excluding carboxylic acids is 2. The summed E-state index contributed by atoms with van der Waals surface area (Å²) in [5.74, 6) is -1.66. The Morgan fingerprint density at radius 1 is 1.22 bits per heavy atom. The van der Waals surface area contributed by atoms with E-state index in [9.17, 15) is 19.8 Å². The van der Waals surface area contributed by atoms with Crippen LogP contribution in [0.2, 0.25) is 5.02 Å². The number of phenolic OH excluding ortho intramolecular Hbond substituents is 1. The molecule has 0 radical (unpaired) electrons. The zero-order valence-electron chi connectivity index (χ0n) is 16.8. The fourth-order valence-electron chi connectivity index (χ4n) is 3.52. The molecule has 2 heterocycles. The average Bonchev–Trinajstić information content (AvgIpc) is 3.31. The number of Topliss-reactive ketones (excluding diaryl/α,β-unsaturated/α-hetero) is 1. The molecule has 164 valence electrons. The van der Waals surface area contributed by atoms with Crippen LogP contribution in [-0.4, -0.2) is 34.2 Å². The average molecular weight is 520 g/mol. The Balaban J connectivity index is 1.99. The Hall–Kier alpha value is -3.30. The second kappa shape index (κ2) is 8.33. The highest BCUT2D eigenvalue weighted by atomic mass is 79.9. The molecule has 10 heteroatoms. The van der Waals surface area contributed by atoms with E-state index < -0.39 is 17.7 Å². The molecule has 0 bridgehead atoms. The lowest BCUT2D eigenvalue weighted by Crippen LogP contribution is -2.29. The summed E-state index contributed by atoms with van der Waals surface area (Å²) in [6, 6.07) is 9.64. The first-order chi connectivity index (χ1) is 15.2. The molecule has 1 atom stereocenters. The number of aliphatic hydroxyl groups is 1. The third kappa shape index (κ3) is 3.63. The summed E-state index contributed by atoms with van der Waals surface area (Å²) in [5.41, 5.74) is 0.540. The van der Waals surface area contributed by atoms with Crippen LogP contribution in [0.1, 0.15) is 22.9 Å². The fraction of sp³-hybridized carbons (Fsp3) is 0.136. The molecule has 1 fully saturated rings. The summed E-state index contributed by atoms with van der Waals surface area (Å²) in [6.07, 6.45) is 0. The first-order valence-electron chi connectivity index (χ1n) is 9.29. The number of phenols is 1. The number of aliphatic hydroxyl groups excluding tert-OH is 1. The molecule has 8 nitrogen and oxygen atoms in total. The maximum absolute atomic E-state index is 13.1. The monoisotopic (exact) mass is 518 g/mol.